The van der Waals surface area contributed by atoms with Crippen LogP contribution in [-0.4, -0.2) is 24.9 Å². The molecule has 0 N–H and O–H groups in total. The monoisotopic (exact) mass is 285 g/mol. The highest BCUT2D eigenvalue weighted by atomic mass is 16.5. The van der Waals surface area contributed by atoms with E-state index in [1.807, 2.05) is 44.2 Å². The van der Waals surface area contributed by atoms with E-state index in [1.165, 1.54) is 9.36 Å². The number of para-hydroxylation sites is 1. The van der Waals surface area contributed by atoms with E-state index in [1.54, 1.807) is 0 Å². The van der Waals surface area contributed by atoms with E-state index >= 15 is 0 Å². The van der Waals surface area contributed by atoms with Crippen LogP contribution >= 0.6 is 0 Å². The smallest absolute Gasteiger partial charge is 0.361 e. The molecule has 2 aromatic heterocycles. The predicted octanol–water partition coefficient (Wildman–Crippen LogP) is 1.28. The molecule has 0 unspecified atom stereocenters. The second kappa shape index (κ2) is 5.35. The van der Waals surface area contributed by atoms with E-state index in [9.17, 15) is 4.79 Å². The average Bonchev–Trinajstić information content (AvgIpc) is 3.02. The Morgan fingerprint density at radius 2 is 1.90 bits per heavy atom. The lowest BCUT2D eigenvalue weighted by molar-refractivity contribution is 0.392. The standard InChI is InChI=1S/C14H15N5O2/c1-10-13(11(2)21-15-10)8-9-18-14(20)19(17-16-18)12-6-4-3-5-7-12/h3-7H,8-9H2,1-2H3. The van der Waals surface area contributed by atoms with Gasteiger partial charge in [0.25, 0.3) is 0 Å². The first-order chi connectivity index (χ1) is 10.2. The second-order valence-electron chi connectivity index (χ2n) is 4.78. The Kier molecular flexibility index (Phi) is 3.39. The number of aromatic nitrogens is 5. The largest absolute Gasteiger partial charge is 0.368 e. The number of benzene rings is 1. The van der Waals surface area contributed by atoms with Gasteiger partial charge in [0.2, 0.25) is 0 Å². The Hall–Kier alpha value is -2.70. The van der Waals surface area contributed by atoms with Crippen molar-refractivity contribution in [3.8, 4) is 5.69 Å². The quantitative estimate of drug-likeness (QED) is 0.721. The molecule has 0 aliphatic carbocycles. The van der Waals surface area contributed by atoms with Crippen molar-refractivity contribution in [2.45, 2.75) is 26.8 Å². The maximum atomic E-state index is 12.3. The number of nitrogens with zero attached hydrogens (tertiary/aromatic N) is 5. The lowest BCUT2D eigenvalue weighted by Crippen LogP contribution is -2.25. The van der Waals surface area contributed by atoms with Crippen LogP contribution in [0.3, 0.4) is 0 Å². The van der Waals surface area contributed by atoms with Gasteiger partial charge in [-0.05, 0) is 42.8 Å². The van der Waals surface area contributed by atoms with Crippen LogP contribution in [0.1, 0.15) is 17.0 Å². The first-order valence-corrected chi connectivity index (χ1v) is 6.67. The van der Waals surface area contributed by atoms with Crippen LogP contribution in [0.2, 0.25) is 0 Å². The molecule has 0 aliphatic rings. The molecule has 0 spiro atoms. The normalized spacial score (nSPS) is 11.0. The number of rotatable bonds is 4. The van der Waals surface area contributed by atoms with E-state index < -0.39 is 0 Å². The van der Waals surface area contributed by atoms with E-state index in [4.69, 9.17) is 4.52 Å². The maximum Gasteiger partial charge on any atom is 0.368 e. The molecule has 0 amide bonds. The van der Waals surface area contributed by atoms with Crippen LogP contribution in [-0.2, 0) is 13.0 Å². The fourth-order valence-electron chi connectivity index (χ4n) is 2.22. The summed E-state index contributed by atoms with van der Waals surface area (Å²) in [6, 6.07) is 9.22. The van der Waals surface area contributed by atoms with Gasteiger partial charge < -0.3 is 4.52 Å². The molecule has 0 radical (unpaired) electrons. The van der Waals surface area contributed by atoms with Crippen LogP contribution < -0.4 is 5.69 Å². The summed E-state index contributed by atoms with van der Waals surface area (Å²) in [6.45, 7) is 4.18. The van der Waals surface area contributed by atoms with Crippen LogP contribution in [0.25, 0.3) is 5.69 Å². The Morgan fingerprint density at radius 3 is 2.57 bits per heavy atom. The minimum Gasteiger partial charge on any atom is -0.361 e. The van der Waals surface area contributed by atoms with Gasteiger partial charge in [0.05, 0.1) is 17.9 Å². The maximum absolute atomic E-state index is 12.3. The third-order valence-corrected chi connectivity index (χ3v) is 3.39. The molecule has 3 rings (SSSR count). The summed E-state index contributed by atoms with van der Waals surface area (Å²) >= 11 is 0. The highest BCUT2D eigenvalue weighted by molar-refractivity contribution is 5.28. The minimum atomic E-state index is -0.257. The van der Waals surface area contributed by atoms with Gasteiger partial charge in [-0.15, -0.1) is 0 Å². The van der Waals surface area contributed by atoms with Crippen molar-refractivity contribution in [1.29, 1.82) is 0 Å². The summed E-state index contributed by atoms with van der Waals surface area (Å²) in [5.41, 5.74) is 2.30. The topological polar surface area (TPSA) is 78.7 Å². The molecule has 0 atom stereocenters. The predicted molar refractivity (Wildman–Crippen MR) is 75.3 cm³/mol. The van der Waals surface area contributed by atoms with Crippen LogP contribution in [0.15, 0.2) is 39.6 Å². The van der Waals surface area contributed by atoms with Gasteiger partial charge in [-0.25, -0.2) is 4.79 Å². The van der Waals surface area contributed by atoms with Crippen LogP contribution in [0.5, 0.6) is 0 Å². The zero-order chi connectivity index (χ0) is 14.8. The number of hydrogen-bond acceptors (Lipinski definition) is 5. The molecule has 3 aromatic rings. The van der Waals surface area contributed by atoms with Crippen molar-refractivity contribution < 1.29 is 4.52 Å². The molecule has 21 heavy (non-hydrogen) atoms. The summed E-state index contributed by atoms with van der Waals surface area (Å²) in [5.74, 6) is 0.774. The van der Waals surface area contributed by atoms with Gasteiger partial charge in [0, 0.05) is 5.56 Å². The van der Waals surface area contributed by atoms with Gasteiger partial charge in [-0.2, -0.15) is 9.36 Å². The van der Waals surface area contributed by atoms with Crippen LogP contribution in [0, 0.1) is 13.8 Å². The third-order valence-electron chi connectivity index (χ3n) is 3.39. The average molecular weight is 285 g/mol. The van der Waals surface area contributed by atoms with Gasteiger partial charge in [0.1, 0.15) is 5.76 Å². The summed E-state index contributed by atoms with van der Waals surface area (Å²) in [6.07, 6.45) is 0.633. The molecule has 1 aromatic carbocycles. The molecule has 0 aliphatic heterocycles. The lowest BCUT2D eigenvalue weighted by Gasteiger charge is -1.99. The molecule has 0 saturated heterocycles. The van der Waals surface area contributed by atoms with Crippen molar-refractivity contribution >= 4 is 0 Å². The zero-order valence-electron chi connectivity index (χ0n) is 11.9. The van der Waals surface area contributed by atoms with Crippen molar-refractivity contribution in [1.82, 2.24) is 24.9 Å². The minimum absolute atomic E-state index is 0.257. The molecule has 7 heteroatoms. The van der Waals surface area contributed by atoms with E-state index in [0.717, 1.165) is 17.0 Å². The summed E-state index contributed by atoms with van der Waals surface area (Å²) in [7, 11) is 0. The summed E-state index contributed by atoms with van der Waals surface area (Å²) < 4.78 is 7.74. The number of tetrazole rings is 1. The van der Waals surface area contributed by atoms with Gasteiger partial charge >= 0.3 is 5.69 Å². The lowest BCUT2D eigenvalue weighted by atomic mass is 10.1. The molecule has 0 fully saturated rings. The Morgan fingerprint density at radius 1 is 1.14 bits per heavy atom. The van der Waals surface area contributed by atoms with Crippen molar-refractivity contribution in [2.24, 2.45) is 0 Å². The van der Waals surface area contributed by atoms with Gasteiger partial charge in [-0.3, -0.25) is 0 Å². The second-order valence-corrected chi connectivity index (χ2v) is 4.78. The molecular formula is C14H15N5O2. The number of aryl methyl sites for hydroxylation is 3. The Balaban J connectivity index is 1.82. The Bertz CT molecular complexity index is 781. The molecule has 7 nitrogen and oxygen atoms in total. The molecule has 2 heterocycles. The molecule has 0 bridgehead atoms. The SMILES string of the molecule is Cc1noc(C)c1CCn1nnn(-c2ccccc2)c1=O. The van der Waals surface area contributed by atoms with E-state index in [0.29, 0.717) is 18.7 Å². The molecular weight excluding hydrogens is 270 g/mol. The number of hydrogen-bond donors (Lipinski definition) is 0. The molecule has 0 saturated carbocycles. The summed E-state index contributed by atoms with van der Waals surface area (Å²) in [5, 5.41) is 11.7. The summed E-state index contributed by atoms with van der Waals surface area (Å²) in [4.78, 5) is 12.3. The van der Waals surface area contributed by atoms with Crippen LogP contribution in [0.4, 0.5) is 0 Å². The highest BCUT2D eigenvalue weighted by Crippen LogP contribution is 2.13. The first kappa shape index (κ1) is 13.3. The van der Waals surface area contributed by atoms with E-state index in [-0.39, 0.29) is 5.69 Å². The highest BCUT2D eigenvalue weighted by Gasteiger charge is 2.12. The van der Waals surface area contributed by atoms with Crippen molar-refractivity contribution in [3.05, 3.63) is 57.8 Å². The van der Waals surface area contributed by atoms with E-state index in [2.05, 4.69) is 15.6 Å². The Labute approximate surface area is 120 Å². The van der Waals surface area contributed by atoms with Gasteiger partial charge in [-0.1, -0.05) is 23.4 Å². The van der Waals surface area contributed by atoms with Crippen molar-refractivity contribution in [2.75, 3.05) is 0 Å². The van der Waals surface area contributed by atoms with Crippen molar-refractivity contribution in [3.63, 3.8) is 0 Å². The fraction of sp³-hybridized carbons (Fsp3) is 0.286. The van der Waals surface area contributed by atoms with Gasteiger partial charge in [0.15, 0.2) is 0 Å². The zero-order valence-corrected chi connectivity index (χ0v) is 11.9. The third kappa shape index (κ3) is 2.49. The first-order valence-electron chi connectivity index (χ1n) is 6.67. The fourth-order valence-corrected chi connectivity index (χ4v) is 2.22. The molecule has 108 valence electrons.